The van der Waals surface area contributed by atoms with Crippen LogP contribution >= 0.6 is 0 Å². The number of carbonyl (C=O) groups is 3. The fourth-order valence-corrected chi connectivity index (χ4v) is 2.11. The van der Waals surface area contributed by atoms with Gasteiger partial charge in [0.1, 0.15) is 6.04 Å². The van der Waals surface area contributed by atoms with Gasteiger partial charge in [-0.3, -0.25) is 19.8 Å². The number of likely N-dealkylation sites (tertiary alicyclic amines) is 1. The monoisotopic (exact) mass is 257 g/mol. The van der Waals surface area contributed by atoms with Crippen molar-refractivity contribution in [2.45, 2.75) is 31.7 Å². The van der Waals surface area contributed by atoms with Gasteiger partial charge in [0, 0.05) is 13.0 Å². The number of nitrogens with zero attached hydrogens (tertiary/aromatic N) is 1. The molecule has 1 rings (SSSR count). The standard InChI is InChI=1S/C11H19N3O4/c1-18-10(16)8-4-2-3-6-14(8)7-5-9(15)13-11(12)17/h8H,2-7H2,1H3,(H3,12,13,15,17). The van der Waals surface area contributed by atoms with Crippen molar-refractivity contribution < 1.29 is 19.1 Å². The molecule has 0 bridgehead atoms. The van der Waals surface area contributed by atoms with Gasteiger partial charge in [0.15, 0.2) is 0 Å². The van der Waals surface area contributed by atoms with E-state index in [1.54, 1.807) is 0 Å². The summed E-state index contributed by atoms with van der Waals surface area (Å²) in [6, 6.07) is -1.15. The van der Waals surface area contributed by atoms with E-state index in [2.05, 4.69) is 0 Å². The average molecular weight is 257 g/mol. The number of rotatable bonds is 4. The highest BCUT2D eigenvalue weighted by Gasteiger charge is 2.29. The van der Waals surface area contributed by atoms with Gasteiger partial charge in [-0.25, -0.2) is 4.79 Å². The number of piperidine rings is 1. The SMILES string of the molecule is COC(=O)C1CCCCN1CCC(=O)NC(N)=O. The zero-order chi connectivity index (χ0) is 13.5. The van der Waals surface area contributed by atoms with Crippen molar-refractivity contribution in [1.82, 2.24) is 10.2 Å². The first-order chi connectivity index (χ1) is 8.54. The first kappa shape index (κ1) is 14.4. The molecule has 0 aromatic heterocycles. The fourth-order valence-electron chi connectivity index (χ4n) is 2.11. The van der Waals surface area contributed by atoms with Crippen molar-refractivity contribution in [1.29, 1.82) is 0 Å². The zero-order valence-electron chi connectivity index (χ0n) is 10.5. The lowest BCUT2D eigenvalue weighted by atomic mass is 10.0. The molecular weight excluding hydrogens is 238 g/mol. The summed E-state index contributed by atoms with van der Waals surface area (Å²) < 4.78 is 4.74. The van der Waals surface area contributed by atoms with Crippen LogP contribution in [0.5, 0.6) is 0 Å². The van der Waals surface area contributed by atoms with Crippen molar-refractivity contribution in [3.05, 3.63) is 0 Å². The molecule has 0 spiro atoms. The highest BCUT2D eigenvalue weighted by atomic mass is 16.5. The number of methoxy groups -OCH3 is 1. The van der Waals surface area contributed by atoms with Gasteiger partial charge in [0.05, 0.1) is 7.11 Å². The highest BCUT2D eigenvalue weighted by molar-refractivity contribution is 5.93. The second-order valence-corrected chi connectivity index (χ2v) is 4.23. The number of hydrogen-bond acceptors (Lipinski definition) is 5. The molecular formula is C11H19N3O4. The van der Waals surface area contributed by atoms with E-state index in [-0.39, 0.29) is 18.4 Å². The molecule has 102 valence electrons. The molecule has 1 fully saturated rings. The summed E-state index contributed by atoms with van der Waals surface area (Å²) in [7, 11) is 1.36. The number of ether oxygens (including phenoxy) is 1. The first-order valence-electron chi connectivity index (χ1n) is 5.95. The Labute approximate surface area is 106 Å². The summed E-state index contributed by atoms with van der Waals surface area (Å²) in [6.45, 7) is 1.17. The van der Waals surface area contributed by atoms with Gasteiger partial charge in [-0.15, -0.1) is 0 Å². The van der Waals surface area contributed by atoms with E-state index in [0.717, 1.165) is 25.8 Å². The van der Waals surface area contributed by atoms with Crippen LogP contribution in [0.25, 0.3) is 0 Å². The largest absolute Gasteiger partial charge is 0.468 e. The molecule has 0 saturated carbocycles. The Hall–Kier alpha value is -1.63. The molecule has 7 heteroatoms. The quantitative estimate of drug-likeness (QED) is 0.667. The van der Waals surface area contributed by atoms with Crippen LogP contribution in [0, 0.1) is 0 Å². The number of esters is 1. The van der Waals surface area contributed by atoms with Gasteiger partial charge in [-0.1, -0.05) is 6.42 Å². The van der Waals surface area contributed by atoms with Crippen LogP contribution in [0.2, 0.25) is 0 Å². The number of urea groups is 1. The Morgan fingerprint density at radius 3 is 2.72 bits per heavy atom. The maximum absolute atomic E-state index is 11.6. The molecule has 7 nitrogen and oxygen atoms in total. The smallest absolute Gasteiger partial charge is 0.323 e. The summed E-state index contributed by atoms with van der Waals surface area (Å²) >= 11 is 0. The van der Waals surface area contributed by atoms with Gasteiger partial charge in [0.2, 0.25) is 5.91 Å². The third-order valence-electron chi connectivity index (χ3n) is 2.98. The number of carbonyl (C=O) groups excluding carboxylic acids is 3. The molecule has 1 saturated heterocycles. The number of primary amides is 1. The minimum absolute atomic E-state index is 0.135. The van der Waals surface area contributed by atoms with Gasteiger partial charge in [-0.05, 0) is 19.4 Å². The summed E-state index contributed by atoms with van der Waals surface area (Å²) in [5.74, 6) is -0.707. The van der Waals surface area contributed by atoms with Gasteiger partial charge < -0.3 is 10.5 Å². The Bertz CT molecular complexity index is 332. The molecule has 0 aromatic rings. The first-order valence-corrected chi connectivity index (χ1v) is 5.95. The lowest BCUT2D eigenvalue weighted by Gasteiger charge is -2.33. The van der Waals surface area contributed by atoms with Crippen LogP contribution in [0.4, 0.5) is 4.79 Å². The van der Waals surface area contributed by atoms with E-state index in [9.17, 15) is 14.4 Å². The summed E-state index contributed by atoms with van der Waals surface area (Å²) in [4.78, 5) is 35.2. The molecule has 1 aliphatic heterocycles. The lowest BCUT2D eigenvalue weighted by molar-refractivity contribution is -0.148. The van der Waals surface area contributed by atoms with Crippen molar-refractivity contribution in [3.63, 3.8) is 0 Å². The van der Waals surface area contributed by atoms with Gasteiger partial charge in [-0.2, -0.15) is 0 Å². The molecule has 3 amide bonds. The number of nitrogens with one attached hydrogen (secondary N) is 1. The van der Waals surface area contributed by atoms with Crippen LogP contribution in [-0.4, -0.2) is 49.0 Å². The topological polar surface area (TPSA) is 102 Å². The number of imide groups is 1. The Kier molecular flexibility index (Phi) is 5.57. The van der Waals surface area contributed by atoms with Crippen LogP contribution < -0.4 is 11.1 Å². The summed E-state index contributed by atoms with van der Waals surface area (Å²) in [6.07, 6.45) is 2.84. The van der Waals surface area contributed by atoms with Crippen LogP contribution in [0.15, 0.2) is 0 Å². The van der Waals surface area contributed by atoms with E-state index in [1.165, 1.54) is 7.11 Å². The fraction of sp³-hybridized carbons (Fsp3) is 0.727. The van der Waals surface area contributed by atoms with Crippen LogP contribution in [0.3, 0.4) is 0 Å². The van der Waals surface area contributed by atoms with E-state index in [4.69, 9.17) is 10.5 Å². The summed E-state index contributed by atoms with van der Waals surface area (Å²) in [5.41, 5.74) is 4.84. The molecule has 18 heavy (non-hydrogen) atoms. The van der Waals surface area contributed by atoms with Gasteiger partial charge in [0.25, 0.3) is 0 Å². The van der Waals surface area contributed by atoms with Crippen molar-refractivity contribution >= 4 is 17.9 Å². The predicted molar refractivity (Wildman–Crippen MR) is 63.6 cm³/mol. The second kappa shape index (κ2) is 6.95. The normalized spacial score (nSPS) is 20.2. The molecule has 1 heterocycles. The van der Waals surface area contributed by atoms with Crippen molar-refractivity contribution in [2.75, 3.05) is 20.2 Å². The maximum atomic E-state index is 11.6. The number of amides is 3. The van der Waals surface area contributed by atoms with Crippen molar-refractivity contribution in [3.8, 4) is 0 Å². The van der Waals surface area contributed by atoms with E-state index in [1.807, 2.05) is 10.2 Å². The third-order valence-corrected chi connectivity index (χ3v) is 2.98. The second-order valence-electron chi connectivity index (χ2n) is 4.23. The lowest BCUT2D eigenvalue weighted by Crippen LogP contribution is -2.47. The highest BCUT2D eigenvalue weighted by Crippen LogP contribution is 2.18. The number of hydrogen-bond donors (Lipinski definition) is 2. The summed E-state index contributed by atoms with van der Waals surface area (Å²) in [5, 5.41) is 2.00. The molecule has 0 aliphatic carbocycles. The average Bonchev–Trinajstić information content (AvgIpc) is 2.35. The molecule has 0 radical (unpaired) electrons. The molecule has 1 atom stereocenters. The minimum atomic E-state index is -0.858. The Morgan fingerprint density at radius 2 is 2.11 bits per heavy atom. The van der Waals surface area contributed by atoms with Crippen LogP contribution in [-0.2, 0) is 14.3 Å². The molecule has 0 aromatic carbocycles. The van der Waals surface area contributed by atoms with Crippen molar-refractivity contribution in [2.24, 2.45) is 5.73 Å². The number of nitrogens with two attached hydrogens (primary N) is 1. The van der Waals surface area contributed by atoms with E-state index in [0.29, 0.717) is 6.54 Å². The molecule has 3 N–H and O–H groups in total. The predicted octanol–water partition coefficient (Wildman–Crippen LogP) is -0.401. The molecule has 1 aliphatic rings. The third kappa shape index (κ3) is 4.33. The zero-order valence-corrected chi connectivity index (χ0v) is 10.5. The maximum Gasteiger partial charge on any atom is 0.323 e. The van der Waals surface area contributed by atoms with E-state index >= 15 is 0 Å². The van der Waals surface area contributed by atoms with E-state index < -0.39 is 11.9 Å². The molecule has 1 unspecified atom stereocenters. The Balaban J connectivity index is 2.45. The van der Waals surface area contributed by atoms with Gasteiger partial charge >= 0.3 is 12.0 Å². The Morgan fingerprint density at radius 1 is 1.39 bits per heavy atom. The van der Waals surface area contributed by atoms with Crippen LogP contribution in [0.1, 0.15) is 25.7 Å². The minimum Gasteiger partial charge on any atom is -0.468 e.